The zero-order chi connectivity index (χ0) is 20.1. The number of ether oxygens (including phenoxy) is 1. The highest BCUT2D eigenvalue weighted by Crippen LogP contribution is 2.24. The molecule has 0 N–H and O–H groups in total. The summed E-state index contributed by atoms with van der Waals surface area (Å²) < 4.78 is 5.20. The fourth-order valence-corrected chi connectivity index (χ4v) is 4.30. The zero-order valence-electron chi connectivity index (χ0n) is 17.2. The minimum atomic E-state index is 0.348. The summed E-state index contributed by atoms with van der Waals surface area (Å²) in [6, 6.07) is 7.81. The number of hydrogen-bond acceptors (Lipinski definition) is 5. The topological polar surface area (TPSA) is 58.6 Å². The van der Waals surface area contributed by atoms with Crippen LogP contribution in [0.1, 0.15) is 37.7 Å². The Kier molecular flexibility index (Phi) is 6.39. The van der Waals surface area contributed by atoms with Gasteiger partial charge < -0.3 is 9.64 Å². The van der Waals surface area contributed by atoms with Gasteiger partial charge in [0.2, 0.25) is 5.91 Å². The van der Waals surface area contributed by atoms with E-state index in [1.165, 1.54) is 12.8 Å². The van der Waals surface area contributed by atoms with Crippen molar-refractivity contribution < 1.29 is 9.53 Å². The number of hydrogen-bond donors (Lipinski definition) is 0. The van der Waals surface area contributed by atoms with Crippen molar-refractivity contribution in [3.63, 3.8) is 0 Å². The van der Waals surface area contributed by atoms with Gasteiger partial charge in [0, 0.05) is 49.6 Å². The molecule has 3 heterocycles. The first-order valence-electron chi connectivity index (χ1n) is 10.7. The Hall–Kier alpha value is -2.47. The van der Waals surface area contributed by atoms with Gasteiger partial charge >= 0.3 is 0 Å². The Bertz CT molecular complexity index is 799. The van der Waals surface area contributed by atoms with Crippen LogP contribution < -0.4 is 4.74 Å². The Morgan fingerprint density at radius 2 is 1.79 bits per heavy atom. The van der Waals surface area contributed by atoms with Gasteiger partial charge in [-0.15, -0.1) is 0 Å². The Balaban J connectivity index is 1.23. The molecule has 1 aromatic carbocycles. The first-order chi connectivity index (χ1) is 14.2. The molecule has 4 rings (SSSR count). The summed E-state index contributed by atoms with van der Waals surface area (Å²) >= 11 is 0. The molecule has 6 heteroatoms. The lowest BCUT2D eigenvalue weighted by molar-refractivity contribution is -0.127. The zero-order valence-corrected chi connectivity index (χ0v) is 17.2. The summed E-state index contributed by atoms with van der Waals surface area (Å²) in [5.74, 6) is 2.67. The molecule has 2 fully saturated rings. The highest BCUT2D eigenvalue weighted by Gasteiger charge is 2.23. The van der Waals surface area contributed by atoms with Crippen LogP contribution in [-0.4, -0.2) is 59.0 Å². The summed E-state index contributed by atoms with van der Waals surface area (Å²) in [6.45, 7) is 5.03. The van der Waals surface area contributed by atoms with E-state index in [2.05, 4.69) is 14.9 Å². The summed E-state index contributed by atoms with van der Waals surface area (Å²) in [4.78, 5) is 25.4. The lowest BCUT2D eigenvalue weighted by Crippen LogP contribution is -2.35. The summed E-state index contributed by atoms with van der Waals surface area (Å²) in [7, 11) is 1.66. The lowest BCUT2D eigenvalue weighted by atomic mass is 9.93. The minimum Gasteiger partial charge on any atom is -0.497 e. The van der Waals surface area contributed by atoms with E-state index in [1.807, 2.05) is 41.6 Å². The number of rotatable bonds is 7. The molecule has 29 heavy (non-hydrogen) atoms. The van der Waals surface area contributed by atoms with E-state index in [1.54, 1.807) is 7.11 Å². The molecule has 0 radical (unpaired) electrons. The maximum absolute atomic E-state index is 11.7. The number of aromatic nitrogens is 2. The van der Waals surface area contributed by atoms with E-state index >= 15 is 0 Å². The third kappa shape index (κ3) is 5.12. The smallest absolute Gasteiger partial charge is 0.222 e. The van der Waals surface area contributed by atoms with Crippen molar-refractivity contribution >= 4 is 5.91 Å². The molecule has 0 saturated carbocycles. The van der Waals surface area contributed by atoms with E-state index in [-0.39, 0.29) is 0 Å². The first-order valence-corrected chi connectivity index (χ1v) is 10.7. The molecule has 0 bridgehead atoms. The van der Waals surface area contributed by atoms with Crippen molar-refractivity contribution in [2.24, 2.45) is 5.92 Å². The van der Waals surface area contributed by atoms with Crippen LogP contribution in [0.15, 0.2) is 36.7 Å². The van der Waals surface area contributed by atoms with Gasteiger partial charge in [-0.2, -0.15) is 0 Å². The van der Waals surface area contributed by atoms with Crippen molar-refractivity contribution in [3.8, 4) is 17.1 Å². The Morgan fingerprint density at radius 3 is 2.41 bits per heavy atom. The molecule has 1 aromatic heterocycles. The molecule has 2 aliphatic heterocycles. The van der Waals surface area contributed by atoms with Gasteiger partial charge in [-0.25, -0.2) is 9.97 Å². The number of nitrogens with zero attached hydrogens (tertiary/aromatic N) is 4. The van der Waals surface area contributed by atoms with E-state index in [0.717, 1.165) is 80.6 Å². The molecule has 0 atom stereocenters. The molecule has 154 valence electrons. The van der Waals surface area contributed by atoms with Gasteiger partial charge in [-0.1, -0.05) is 0 Å². The molecule has 1 amide bonds. The quantitative estimate of drug-likeness (QED) is 0.721. The summed E-state index contributed by atoms with van der Waals surface area (Å²) in [5.41, 5.74) is 2.15. The monoisotopic (exact) mass is 394 g/mol. The number of methoxy groups -OCH3 is 1. The van der Waals surface area contributed by atoms with Crippen LogP contribution in [0.4, 0.5) is 0 Å². The lowest BCUT2D eigenvalue weighted by Gasteiger charge is -2.32. The van der Waals surface area contributed by atoms with E-state index in [9.17, 15) is 4.79 Å². The van der Waals surface area contributed by atoms with Crippen LogP contribution in [0.3, 0.4) is 0 Å². The number of amides is 1. The molecule has 2 aromatic rings. The fourth-order valence-electron chi connectivity index (χ4n) is 4.30. The molecule has 0 spiro atoms. The standard InChI is InChI=1S/C23H30N4O2/c1-29-21-6-4-20(5-7-21)23-24-15-19(16-25-23)17-26-12-8-18(9-13-26)10-14-27-11-2-3-22(27)28/h4-7,15-16,18H,2-3,8-14,17H2,1H3. The molecular formula is C23H30N4O2. The largest absolute Gasteiger partial charge is 0.497 e. The van der Waals surface area contributed by atoms with Gasteiger partial charge in [0.25, 0.3) is 0 Å². The second-order valence-electron chi connectivity index (χ2n) is 8.14. The van der Waals surface area contributed by atoms with Crippen molar-refractivity contribution in [2.45, 2.75) is 38.6 Å². The van der Waals surface area contributed by atoms with Crippen molar-refractivity contribution in [3.05, 3.63) is 42.2 Å². The van der Waals surface area contributed by atoms with Gasteiger partial charge in [0.05, 0.1) is 7.11 Å². The Labute approximate surface area is 172 Å². The second kappa shape index (κ2) is 9.35. The molecule has 0 unspecified atom stereocenters. The van der Waals surface area contributed by atoms with Gasteiger partial charge in [-0.05, 0) is 69.0 Å². The number of benzene rings is 1. The van der Waals surface area contributed by atoms with Crippen molar-refractivity contribution in [1.29, 1.82) is 0 Å². The van der Waals surface area contributed by atoms with Crippen molar-refractivity contribution in [1.82, 2.24) is 19.8 Å². The SMILES string of the molecule is COc1ccc(-c2ncc(CN3CCC(CCN4CCCC4=O)CC3)cn2)cc1. The van der Waals surface area contributed by atoms with Gasteiger partial charge in [-0.3, -0.25) is 9.69 Å². The number of carbonyl (C=O) groups excluding carboxylic acids is 1. The van der Waals surface area contributed by atoms with Crippen LogP contribution in [0.25, 0.3) is 11.4 Å². The third-order valence-electron chi connectivity index (χ3n) is 6.15. The number of likely N-dealkylation sites (tertiary alicyclic amines) is 2. The Morgan fingerprint density at radius 1 is 1.07 bits per heavy atom. The van der Waals surface area contributed by atoms with Crippen LogP contribution >= 0.6 is 0 Å². The first kappa shape index (κ1) is 19.8. The van der Waals surface area contributed by atoms with E-state index in [0.29, 0.717) is 5.91 Å². The maximum atomic E-state index is 11.7. The minimum absolute atomic E-state index is 0.348. The average Bonchev–Trinajstić information content (AvgIpc) is 3.18. The van der Waals surface area contributed by atoms with Crippen LogP contribution in [-0.2, 0) is 11.3 Å². The normalized spacial score (nSPS) is 18.4. The van der Waals surface area contributed by atoms with Crippen LogP contribution in [0.2, 0.25) is 0 Å². The second-order valence-corrected chi connectivity index (χ2v) is 8.14. The molecule has 2 aliphatic rings. The molecule has 2 saturated heterocycles. The highest BCUT2D eigenvalue weighted by molar-refractivity contribution is 5.78. The molecule has 6 nitrogen and oxygen atoms in total. The third-order valence-corrected chi connectivity index (χ3v) is 6.15. The number of piperidine rings is 1. The van der Waals surface area contributed by atoms with E-state index in [4.69, 9.17) is 4.74 Å². The molecular weight excluding hydrogens is 364 g/mol. The fraction of sp³-hybridized carbons (Fsp3) is 0.522. The highest BCUT2D eigenvalue weighted by atomic mass is 16.5. The molecule has 0 aliphatic carbocycles. The predicted octanol–water partition coefficient (Wildman–Crippen LogP) is 3.38. The van der Waals surface area contributed by atoms with Crippen LogP contribution in [0.5, 0.6) is 5.75 Å². The predicted molar refractivity (Wildman–Crippen MR) is 112 cm³/mol. The van der Waals surface area contributed by atoms with Gasteiger partial charge in [0.1, 0.15) is 5.75 Å². The average molecular weight is 395 g/mol. The summed E-state index contributed by atoms with van der Waals surface area (Å²) in [6.07, 6.45) is 9.25. The summed E-state index contributed by atoms with van der Waals surface area (Å²) in [5, 5.41) is 0. The van der Waals surface area contributed by atoms with Gasteiger partial charge in [0.15, 0.2) is 5.82 Å². The van der Waals surface area contributed by atoms with E-state index < -0.39 is 0 Å². The van der Waals surface area contributed by atoms with Crippen molar-refractivity contribution in [2.75, 3.05) is 33.3 Å². The maximum Gasteiger partial charge on any atom is 0.222 e. The number of carbonyl (C=O) groups is 1. The van der Waals surface area contributed by atoms with Crippen LogP contribution in [0, 0.1) is 5.92 Å².